The van der Waals surface area contributed by atoms with Crippen LogP contribution in [0.5, 0.6) is 0 Å². The van der Waals surface area contributed by atoms with E-state index in [-0.39, 0.29) is 13.1 Å². The molecule has 0 heterocycles. The Hall–Kier alpha value is -1.54. The van der Waals surface area contributed by atoms with Crippen LogP contribution >= 0.6 is 0 Å². The number of amides is 2. The fourth-order valence-electron chi connectivity index (χ4n) is 1.18. The van der Waals surface area contributed by atoms with Crippen molar-refractivity contribution in [3.05, 3.63) is 0 Å². The molecule has 0 radical (unpaired) electrons. The Kier molecular flexibility index (Phi) is 7.06. The fourth-order valence-corrected chi connectivity index (χ4v) is 1.18. The summed E-state index contributed by atoms with van der Waals surface area (Å²) in [5.41, 5.74) is 0. The molecule has 0 bridgehead atoms. The number of aliphatic carboxylic acids is 1. The first-order valence-electron chi connectivity index (χ1n) is 5.13. The molecule has 0 aliphatic rings. The van der Waals surface area contributed by atoms with Crippen LogP contribution < -0.4 is 10.6 Å². The molecule has 1 unspecified atom stereocenters. The summed E-state index contributed by atoms with van der Waals surface area (Å²) in [4.78, 5) is 21.1. The van der Waals surface area contributed by atoms with Crippen molar-refractivity contribution < 1.29 is 32.3 Å². The molecule has 0 aliphatic heterocycles. The third-order valence-corrected chi connectivity index (χ3v) is 2.04. The fraction of sp³-hybridized carbons (Fsp3) is 0.778. The van der Waals surface area contributed by atoms with E-state index in [1.165, 1.54) is 0 Å². The molecule has 0 spiro atoms. The number of carboxylic acid groups (broad SMARTS) is 1. The number of carboxylic acids is 1. The molecule has 18 heavy (non-hydrogen) atoms. The summed E-state index contributed by atoms with van der Waals surface area (Å²) in [6.07, 6.45) is -6.22. The van der Waals surface area contributed by atoms with Crippen LogP contribution in [0.2, 0.25) is 0 Å². The lowest BCUT2D eigenvalue weighted by Gasteiger charge is -2.18. The maximum atomic E-state index is 12.4. The van der Waals surface area contributed by atoms with Gasteiger partial charge in [0.25, 0.3) is 0 Å². The van der Waals surface area contributed by atoms with Crippen LogP contribution in [0.15, 0.2) is 0 Å². The molecule has 0 rings (SSSR count). The van der Waals surface area contributed by atoms with Crippen molar-refractivity contribution in [2.24, 2.45) is 5.92 Å². The minimum Gasteiger partial charge on any atom is -0.481 e. The highest BCUT2D eigenvalue weighted by Crippen LogP contribution is 2.31. The highest BCUT2D eigenvalue weighted by atomic mass is 19.4. The number of urea groups is 1. The van der Waals surface area contributed by atoms with Crippen LogP contribution in [0.25, 0.3) is 0 Å². The lowest BCUT2D eigenvalue weighted by molar-refractivity contribution is -0.184. The first-order valence-corrected chi connectivity index (χ1v) is 5.13. The molecule has 0 aromatic rings. The molecule has 0 saturated heterocycles. The number of rotatable bonds is 7. The second-order valence-electron chi connectivity index (χ2n) is 3.50. The second-order valence-corrected chi connectivity index (χ2v) is 3.50. The van der Waals surface area contributed by atoms with Crippen LogP contribution in [0.4, 0.5) is 22.4 Å². The lowest BCUT2D eigenvalue weighted by Crippen LogP contribution is -2.38. The van der Waals surface area contributed by atoms with Crippen molar-refractivity contribution in [2.75, 3.05) is 19.8 Å². The largest absolute Gasteiger partial charge is 0.481 e. The van der Waals surface area contributed by atoms with Crippen LogP contribution in [0.1, 0.15) is 12.8 Å². The SMILES string of the molecule is O=C(O)CC(CCNC(=O)NCCF)C(F)(F)F. The molecular weight excluding hydrogens is 260 g/mol. The van der Waals surface area contributed by atoms with Gasteiger partial charge in [-0.2, -0.15) is 13.2 Å². The maximum Gasteiger partial charge on any atom is 0.392 e. The van der Waals surface area contributed by atoms with Gasteiger partial charge in [0.1, 0.15) is 6.67 Å². The van der Waals surface area contributed by atoms with Crippen LogP contribution in [-0.4, -0.2) is 43.0 Å². The van der Waals surface area contributed by atoms with E-state index in [1.807, 2.05) is 0 Å². The number of halogens is 4. The second kappa shape index (κ2) is 7.72. The molecule has 2 amide bonds. The lowest BCUT2D eigenvalue weighted by atomic mass is 10.0. The minimum absolute atomic E-state index is 0.232. The standard InChI is InChI=1S/C9H14F4N2O3/c10-2-4-15-8(18)14-3-1-6(5-7(16)17)9(11,12)13/h6H,1-5H2,(H,16,17)(H2,14,15,18). The highest BCUT2D eigenvalue weighted by molar-refractivity contribution is 5.73. The van der Waals surface area contributed by atoms with E-state index < -0.39 is 43.6 Å². The zero-order valence-corrected chi connectivity index (χ0v) is 9.39. The van der Waals surface area contributed by atoms with E-state index in [9.17, 15) is 27.2 Å². The number of alkyl halides is 4. The van der Waals surface area contributed by atoms with Gasteiger partial charge >= 0.3 is 18.2 Å². The predicted molar refractivity (Wildman–Crippen MR) is 53.8 cm³/mol. The average Bonchev–Trinajstić information content (AvgIpc) is 2.23. The van der Waals surface area contributed by atoms with E-state index in [0.717, 1.165) is 0 Å². The number of hydrogen-bond donors (Lipinski definition) is 3. The van der Waals surface area contributed by atoms with Crippen molar-refractivity contribution in [3.8, 4) is 0 Å². The summed E-state index contributed by atoms with van der Waals surface area (Å²) in [6.45, 7) is -1.35. The summed E-state index contributed by atoms with van der Waals surface area (Å²) >= 11 is 0. The summed E-state index contributed by atoms with van der Waals surface area (Å²) < 4.78 is 48.7. The summed E-state index contributed by atoms with van der Waals surface area (Å²) in [6, 6.07) is -0.788. The minimum atomic E-state index is -4.63. The number of hydrogen-bond acceptors (Lipinski definition) is 2. The molecule has 0 aromatic carbocycles. The monoisotopic (exact) mass is 274 g/mol. The third kappa shape index (κ3) is 7.69. The number of carbonyl (C=O) groups is 2. The van der Waals surface area contributed by atoms with Gasteiger partial charge in [-0.05, 0) is 6.42 Å². The van der Waals surface area contributed by atoms with Crippen LogP contribution in [0.3, 0.4) is 0 Å². The topological polar surface area (TPSA) is 78.4 Å². The van der Waals surface area contributed by atoms with Crippen molar-refractivity contribution in [1.82, 2.24) is 10.6 Å². The van der Waals surface area contributed by atoms with Gasteiger partial charge in [0.15, 0.2) is 0 Å². The van der Waals surface area contributed by atoms with Gasteiger partial charge in [-0.1, -0.05) is 0 Å². The zero-order valence-electron chi connectivity index (χ0n) is 9.39. The molecule has 1 atom stereocenters. The summed E-state index contributed by atoms with van der Waals surface area (Å²) in [5.74, 6) is -3.57. The molecule has 0 fully saturated rings. The third-order valence-electron chi connectivity index (χ3n) is 2.04. The Balaban J connectivity index is 4.04. The smallest absolute Gasteiger partial charge is 0.392 e. The molecule has 9 heteroatoms. The molecule has 106 valence electrons. The molecule has 0 aromatic heterocycles. The van der Waals surface area contributed by atoms with Gasteiger partial charge in [-0.3, -0.25) is 4.79 Å². The van der Waals surface area contributed by atoms with E-state index >= 15 is 0 Å². The molecule has 0 aliphatic carbocycles. The van der Waals surface area contributed by atoms with Gasteiger partial charge in [-0.25, -0.2) is 9.18 Å². The van der Waals surface area contributed by atoms with E-state index in [1.54, 1.807) is 0 Å². The van der Waals surface area contributed by atoms with Crippen molar-refractivity contribution in [2.45, 2.75) is 19.0 Å². The van der Waals surface area contributed by atoms with E-state index in [4.69, 9.17) is 5.11 Å². The zero-order chi connectivity index (χ0) is 14.2. The average molecular weight is 274 g/mol. The summed E-state index contributed by atoms with van der Waals surface area (Å²) in [5, 5.41) is 12.5. The quantitative estimate of drug-likeness (QED) is 0.612. The Bertz CT molecular complexity index is 283. The maximum absolute atomic E-state index is 12.4. The van der Waals surface area contributed by atoms with Gasteiger partial charge in [0, 0.05) is 13.1 Å². The Labute approximate surface area is 101 Å². The number of carbonyl (C=O) groups excluding carboxylic acids is 1. The van der Waals surface area contributed by atoms with Gasteiger partial charge in [0.2, 0.25) is 0 Å². The van der Waals surface area contributed by atoms with E-state index in [2.05, 4.69) is 10.6 Å². The molecular formula is C9H14F4N2O3. The normalized spacial score (nSPS) is 12.9. The van der Waals surface area contributed by atoms with Crippen molar-refractivity contribution >= 4 is 12.0 Å². The van der Waals surface area contributed by atoms with E-state index in [0.29, 0.717) is 0 Å². The summed E-state index contributed by atoms with van der Waals surface area (Å²) in [7, 11) is 0. The molecule has 5 nitrogen and oxygen atoms in total. The van der Waals surface area contributed by atoms with Gasteiger partial charge in [0.05, 0.1) is 12.3 Å². The molecule has 0 saturated carbocycles. The number of nitrogens with one attached hydrogen (secondary N) is 2. The van der Waals surface area contributed by atoms with Crippen LogP contribution in [-0.2, 0) is 4.79 Å². The molecule has 3 N–H and O–H groups in total. The first-order chi connectivity index (χ1) is 8.27. The highest BCUT2D eigenvalue weighted by Gasteiger charge is 2.40. The van der Waals surface area contributed by atoms with Gasteiger partial charge < -0.3 is 15.7 Å². The Morgan fingerprint density at radius 3 is 2.17 bits per heavy atom. The first kappa shape index (κ1) is 16.5. The van der Waals surface area contributed by atoms with Gasteiger partial charge in [-0.15, -0.1) is 0 Å². The Morgan fingerprint density at radius 2 is 1.72 bits per heavy atom. The van der Waals surface area contributed by atoms with Crippen LogP contribution in [0, 0.1) is 5.92 Å². The van der Waals surface area contributed by atoms with Crippen molar-refractivity contribution in [3.63, 3.8) is 0 Å². The Morgan fingerprint density at radius 1 is 1.17 bits per heavy atom. The van der Waals surface area contributed by atoms with Crippen molar-refractivity contribution in [1.29, 1.82) is 0 Å². The predicted octanol–water partition coefficient (Wildman–Crippen LogP) is 1.30.